The summed E-state index contributed by atoms with van der Waals surface area (Å²) in [5, 5.41) is 11.1. The molecular weight excluding hydrogens is 300 g/mol. The summed E-state index contributed by atoms with van der Waals surface area (Å²) in [7, 11) is 0. The number of hydrogen-bond donors (Lipinski definition) is 1. The maximum absolute atomic E-state index is 10.3. The number of benzene rings is 1. The van der Waals surface area contributed by atoms with E-state index in [-0.39, 0.29) is 0 Å². The molecule has 0 aliphatic rings. The largest absolute Gasteiger partial charge is 0.390 e. The Morgan fingerprint density at radius 2 is 2.06 bits per heavy atom. The molecule has 0 heterocycles. The van der Waals surface area contributed by atoms with E-state index in [1.54, 1.807) is 0 Å². The monoisotopic (exact) mass is 318 g/mol. The maximum Gasteiger partial charge on any atom is 0.0660 e. The molecule has 3 heteroatoms. The lowest BCUT2D eigenvalue weighted by Gasteiger charge is -2.24. The Kier molecular flexibility index (Phi) is 5.49. The molecule has 0 spiro atoms. The molecule has 0 radical (unpaired) electrons. The highest BCUT2D eigenvalue weighted by Gasteiger charge is 2.22. The molecule has 0 aliphatic heterocycles. The van der Waals surface area contributed by atoms with Gasteiger partial charge in [0.25, 0.3) is 0 Å². The first kappa shape index (κ1) is 15.0. The molecule has 1 unspecified atom stereocenters. The fourth-order valence-electron chi connectivity index (χ4n) is 1.76. The van der Waals surface area contributed by atoms with Gasteiger partial charge >= 0.3 is 0 Å². The Labute approximate surface area is 117 Å². The molecule has 0 aliphatic carbocycles. The van der Waals surface area contributed by atoms with E-state index in [0.29, 0.717) is 17.4 Å². The summed E-state index contributed by atoms with van der Waals surface area (Å²) in [6, 6.07) is 5.80. The molecule has 1 nitrogen and oxygen atoms in total. The van der Waals surface area contributed by atoms with Crippen LogP contribution in [0.1, 0.15) is 39.2 Å². The number of halogens is 2. The molecule has 0 bridgehead atoms. The molecule has 0 fully saturated rings. The Morgan fingerprint density at radius 3 is 2.59 bits per heavy atom. The Bertz CT molecular complexity index is 374. The van der Waals surface area contributed by atoms with Gasteiger partial charge in [-0.3, -0.25) is 0 Å². The van der Waals surface area contributed by atoms with Gasteiger partial charge in [0, 0.05) is 15.9 Å². The number of rotatable bonds is 5. The minimum atomic E-state index is -0.679. The van der Waals surface area contributed by atoms with Gasteiger partial charge in [0.2, 0.25) is 0 Å². The summed E-state index contributed by atoms with van der Waals surface area (Å²) in [4.78, 5) is 0. The number of aliphatic hydroxyl groups is 1. The zero-order valence-electron chi connectivity index (χ0n) is 10.6. The fourth-order valence-corrected chi connectivity index (χ4v) is 2.50. The summed E-state index contributed by atoms with van der Waals surface area (Å²) in [6.45, 7) is 6.22. The second-order valence-electron chi connectivity index (χ2n) is 5.34. The van der Waals surface area contributed by atoms with Gasteiger partial charge in [-0.15, -0.1) is 0 Å². The average molecular weight is 320 g/mol. The maximum atomic E-state index is 10.3. The first-order chi connectivity index (χ1) is 7.80. The lowest BCUT2D eigenvalue weighted by atomic mass is 9.89. The topological polar surface area (TPSA) is 20.2 Å². The zero-order valence-corrected chi connectivity index (χ0v) is 13.0. The van der Waals surface area contributed by atoms with Gasteiger partial charge in [0.15, 0.2) is 0 Å². The quantitative estimate of drug-likeness (QED) is 0.824. The average Bonchev–Trinajstić information content (AvgIpc) is 2.20. The fraction of sp³-hybridized carbons (Fsp3) is 0.571. The number of hydrogen-bond acceptors (Lipinski definition) is 1. The molecule has 0 aromatic heterocycles. The van der Waals surface area contributed by atoms with E-state index in [1.807, 2.05) is 25.1 Å². The van der Waals surface area contributed by atoms with E-state index in [9.17, 15) is 5.11 Å². The normalized spacial score (nSPS) is 15.0. The van der Waals surface area contributed by atoms with Gasteiger partial charge in [-0.05, 0) is 43.4 Å². The predicted molar refractivity (Wildman–Crippen MR) is 77.6 cm³/mol. The van der Waals surface area contributed by atoms with Gasteiger partial charge in [0.1, 0.15) is 0 Å². The van der Waals surface area contributed by atoms with Crippen molar-refractivity contribution in [3.8, 4) is 0 Å². The van der Waals surface area contributed by atoms with Crippen LogP contribution in [-0.2, 0) is 6.42 Å². The second kappa shape index (κ2) is 6.21. The van der Waals surface area contributed by atoms with Crippen LogP contribution in [0.4, 0.5) is 0 Å². The molecule has 0 saturated carbocycles. The van der Waals surface area contributed by atoms with Gasteiger partial charge in [-0.1, -0.05) is 47.4 Å². The summed E-state index contributed by atoms with van der Waals surface area (Å²) in [5.74, 6) is 0.613. The van der Waals surface area contributed by atoms with Crippen molar-refractivity contribution in [2.45, 2.75) is 45.6 Å². The van der Waals surface area contributed by atoms with Crippen molar-refractivity contribution in [2.75, 3.05) is 0 Å². The van der Waals surface area contributed by atoms with Crippen LogP contribution in [0.3, 0.4) is 0 Å². The van der Waals surface area contributed by atoms with Crippen molar-refractivity contribution >= 4 is 27.5 Å². The van der Waals surface area contributed by atoms with Crippen LogP contribution in [0.15, 0.2) is 22.7 Å². The Hall–Kier alpha value is -0.0500. The second-order valence-corrected chi connectivity index (χ2v) is 6.66. The van der Waals surface area contributed by atoms with E-state index >= 15 is 0 Å². The van der Waals surface area contributed by atoms with Crippen molar-refractivity contribution in [3.05, 3.63) is 33.3 Å². The molecule has 1 aromatic rings. The highest BCUT2D eigenvalue weighted by molar-refractivity contribution is 9.10. The van der Waals surface area contributed by atoms with Crippen molar-refractivity contribution in [1.29, 1.82) is 0 Å². The first-order valence-electron chi connectivity index (χ1n) is 5.96. The Balaban J connectivity index is 2.68. The van der Waals surface area contributed by atoms with Gasteiger partial charge < -0.3 is 5.11 Å². The molecule has 1 N–H and O–H groups in total. The SMILES string of the molecule is CC(C)CCC(C)(O)Cc1ccc(Br)cc1Cl. The standard InChI is InChI=1S/C14H20BrClO/c1-10(2)6-7-14(3,17)9-11-4-5-12(15)8-13(11)16/h4-5,8,10,17H,6-7,9H2,1-3H3. The van der Waals surface area contributed by atoms with Crippen LogP contribution in [0.25, 0.3) is 0 Å². The molecule has 1 aromatic carbocycles. The van der Waals surface area contributed by atoms with Crippen molar-refractivity contribution in [3.63, 3.8) is 0 Å². The molecule has 0 saturated heterocycles. The smallest absolute Gasteiger partial charge is 0.0660 e. The first-order valence-corrected chi connectivity index (χ1v) is 7.13. The molecule has 96 valence electrons. The predicted octanol–water partition coefficient (Wildman–Crippen LogP) is 4.83. The summed E-state index contributed by atoms with van der Waals surface area (Å²) in [5.41, 5.74) is 0.325. The van der Waals surface area contributed by atoms with Crippen LogP contribution >= 0.6 is 27.5 Å². The van der Waals surface area contributed by atoms with Crippen LogP contribution in [0, 0.1) is 5.92 Å². The summed E-state index contributed by atoms with van der Waals surface area (Å²) >= 11 is 9.54. The third-order valence-corrected chi connectivity index (χ3v) is 3.69. The third kappa shape index (κ3) is 5.41. The van der Waals surface area contributed by atoms with Gasteiger partial charge in [0.05, 0.1) is 5.60 Å². The van der Waals surface area contributed by atoms with Crippen LogP contribution in [0.2, 0.25) is 5.02 Å². The third-order valence-electron chi connectivity index (χ3n) is 2.85. The Morgan fingerprint density at radius 1 is 1.41 bits per heavy atom. The van der Waals surface area contributed by atoms with E-state index < -0.39 is 5.60 Å². The van der Waals surface area contributed by atoms with Crippen molar-refractivity contribution < 1.29 is 5.11 Å². The zero-order chi connectivity index (χ0) is 13.1. The van der Waals surface area contributed by atoms with Crippen LogP contribution in [0.5, 0.6) is 0 Å². The summed E-state index contributed by atoms with van der Waals surface area (Å²) in [6.07, 6.45) is 2.43. The van der Waals surface area contributed by atoms with Crippen molar-refractivity contribution in [2.24, 2.45) is 5.92 Å². The molecular formula is C14H20BrClO. The lowest BCUT2D eigenvalue weighted by molar-refractivity contribution is 0.0457. The highest BCUT2D eigenvalue weighted by Crippen LogP contribution is 2.27. The van der Waals surface area contributed by atoms with E-state index in [4.69, 9.17) is 11.6 Å². The molecule has 1 atom stereocenters. The van der Waals surface area contributed by atoms with E-state index in [1.165, 1.54) is 0 Å². The lowest BCUT2D eigenvalue weighted by Crippen LogP contribution is -2.27. The molecule has 17 heavy (non-hydrogen) atoms. The van der Waals surface area contributed by atoms with Gasteiger partial charge in [-0.25, -0.2) is 0 Å². The minimum absolute atomic E-state index is 0.603. The van der Waals surface area contributed by atoms with E-state index in [0.717, 1.165) is 22.9 Å². The van der Waals surface area contributed by atoms with E-state index in [2.05, 4.69) is 29.8 Å². The van der Waals surface area contributed by atoms with Gasteiger partial charge in [-0.2, -0.15) is 0 Å². The highest BCUT2D eigenvalue weighted by atomic mass is 79.9. The summed E-state index contributed by atoms with van der Waals surface area (Å²) < 4.78 is 0.966. The van der Waals surface area contributed by atoms with Crippen molar-refractivity contribution in [1.82, 2.24) is 0 Å². The van der Waals surface area contributed by atoms with Crippen LogP contribution in [-0.4, -0.2) is 10.7 Å². The molecule has 1 rings (SSSR count). The molecule has 0 amide bonds. The minimum Gasteiger partial charge on any atom is -0.390 e. The van der Waals surface area contributed by atoms with Crippen LogP contribution < -0.4 is 0 Å².